The van der Waals surface area contributed by atoms with Gasteiger partial charge in [0, 0.05) is 12.5 Å². The maximum absolute atomic E-state index is 12.4. The van der Waals surface area contributed by atoms with Crippen LogP contribution in [0.4, 0.5) is 0 Å². The molecule has 5 atom stereocenters. The molecule has 150 valence electrons. The molecule has 28 heavy (non-hydrogen) atoms. The zero-order valence-corrected chi connectivity index (χ0v) is 14.9. The van der Waals surface area contributed by atoms with Gasteiger partial charge in [-0.15, -0.1) is 0 Å². The van der Waals surface area contributed by atoms with Gasteiger partial charge in [0.2, 0.25) is 6.29 Å². The summed E-state index contributed by atoms with van der Waals surface area (Å²) in [6, 6.07) is 13.1. The molecule has 8 nitrogen and oxygen atoms in total. The predicted molar refractivity (Wildman–Crippen MR) is 97.0 cm³/mol. The number of ketones is 1. The molecule has 0 aromatic heterocycles. The van der Waals surface area contributed by atoms with Crippen molar-refractivity contribution in [3.8, 4) is 11.5 Å². The Kier molecular flexibility index (Phi) is 6.28. The summed E-state index contributed by atoms with van der Waals surface area (Å²) < 4.78 is 10.7. The number of phenols is 1. The smallest absolute Gasteiger partial charge is 0.229 e. The summed E-state index contributed by atoms with van der Waals surface area (Å²) in [7, 11) is 0. The van der Waals surface area contributed by atoms with Crippen LogP contribution in [0.1, 0.15) is 15.9 Å². The van der Waals surface area contributed by atoms with Gasteiger partial charge >= 0.3 is 0 Å². The van der Waals surface area contributed by atoms with E-state index >= 15 is 0 Å². The summed E-state index contributed by atoms with van der Waals surface area (Å²) >= 11 is 0. The predicted octanol–water partition coefficient (Wildman–Crippen LogP) is -0.00370. The lowest BCUT2D eigenvalue weighted by atomic mass is 9.99. The van der Waals surface area contributed by atoms with Crippen LogP contribution in [-0.4, -0.2) is 68.6 Å². The standard InChI is InChI=1S/C20H22O8/c21-10-16-17(24)18(25)19(26)20(28-16)27-12-6-7-13(15(23)9-12)14(22)8-11-4-2-1-3-5-11/h1-7,9,16-21,23-26H,8,10H2/t16-,17+,18+,19+,20-/m1/s1. The summed E-state index contributed by atoms with van der Waals surface area (Å²) in [5.41, 5.74) is 0.929. The van der Waals surface area contributed by atoms with E-state index in [1.54, 1.807) is 0 Å². The normalized spacial score (nSPS) is 27.4. The highest BCUT2D eigenvalue weighted by Crippen LogP contribution is 2.29. The quantitative estimate of drug-likeness (QED) is 0.435. The third-order valence-electron chi connectivity index (χ3n) is 4.58. The Hall–Kier alpha value is -2.49. The zero-order valence-electron chi connectivity index (χ0n) is 14.9. The molecule has 3 rings (SSSR count). The van der Waals surface area contributed by atoms with E-state index < -0.39 is 37.3 Å². The Bertz CT molecular complexity index is 807. The van der Waals surface area contributed by atoms with Gasteiger partial charge < -0.3 is 35.0 Å². The fourth-order valence-corrected chi connectivity index (χ4v) is 3.00. The molecule has 8 heteroatoms. The molecule has 0 saturated carbocycles. The van der Waals surface area contributed by atoms with Crippen LogP contribution in [0.2, 0.25) is 0 Å². The Labute approximate surface area is 161 Å². The Morgan fingerprint density at radius 1 is 1.00 bits per heavy atom. The number of ether oxygens (including phenoxy) is 2. The number of Topliss-reactive ketones (excluding diaryl/α,β-unsaturated/α-hetero) is 1. The van der Waals surface area contributed by atoms with Crippen molar-refractivity contribution in [2.75, 3.05) is 6.61 Å². The molecule has 1 aliphatic rings. The van der Waals surface area contributed by atoms with E-state index in [1.807, 2.05) is 30.3 Å². The molecule has 0 bridgehead atoms. The second-order valence-corrected chi connectivity index (χ2v) is 6.58. The molecule has 2 aromatic rings. The lowest BCUT2D eigenvalue weighted by molar-refractivity contribution is -0.277. The average molecular weight is 390 g/mol. The minimum atomic E-state index is -1.57. The van der Waals surface area contributed by atoms with E-state index in [-0.39, 0.29) is 29.3 Å². The van der Waals surface area contributed by atoms with E-state index in [0.717, 1.165) is 5.56 Å². The monoisotopic (exact) mass is 390 g/mol. The van der Waals surface area contributed by atoms with E-state index in [9.17, 15) is 30.3 Å². The van der Waals surface area contributed by atoms with Gasteiger partial charge in [0.15, 0.2) is 5.78 Å². The first-order valence-electron chi connectivity index (χ1n) is 8.78. The van der Waals surface area contributed by atoms with Crippen molar-refractivity contribution in [1.29, 1.82) is 0 Å². The summed E-state index contributed by atoms with van der Waals surface area (Å²) in [6.45, 7) is -0.580. The van der Waals surface area contributed by atoms with Crippen LogP contribution < -0.4 is 4.74 Å². The Morgan fingerprint density at radius 2 is 1.71 bits per heavy atom. The molecule has 5 N–H and O–H groups in total. The van der Waals surface area contributed by atoms with Gasteiger partial charge in [-0.2, -0.15) is 0 Å². The number of aromatic hydroxyl groups is 1. The van der Waals surface area contributed by atoms with E-state index in [4.69, 9.17) is 9.47 Å². The summed E-state index contributed by atoms with van der Waals surface area (Å²) in [5.74, 6) is -0.496. The van der Waals surface area contributed by atoms with Gasteiger partial charge in [0.05, 0.1) is 12.2 Å². The summed E-state index contributed by atoms with van der Waals surface area (Å²) in [5, 5.41) is 49.0. The fourth-order valence-electron chi connectivity index (χ4n) is 3.00. The Morgan fingerprint density at radius 3 is 2.36 bits per heavy atom. The molecule has 2 aromatic carbocycles. The fraction of sp³-hybridized carbons (Fsp3) is 0.350. The van der Waals surface area contributed by atoms with Crippen molar-refractivity contribution in [3.63, 3.8) is 0 Å². The number of hydrogen-bond acceptors (Lipinski definition) is 8. The van der Waals surface area contributed by atoms with Crippen LogP contribution in [0.25, 0.3) is 0 Å². The van der Waals surface area contributed by atoms with E-state index in [1.165, 1.54) is 18.2 Å². The van der Waals surface area contributed by atoms with E-state index in [2.05, 4.69) is 0 Å². The van der Waals surface area contributed by atoms with E-state index in [0.29, 0.717) is 0 Å². The summed E-state index contributed by atoms with van der Waals surface area (Å²) in [6.07, 6.45) is -6.99. The average Bonchev–Trinajstić information content (AvgIpc) is 2.69. The van der Waals surface area contributed by atoms with Crippen LogP contribution in [0.3, 0.4) is 0 Å². The van der Waals surface area contributed by atoms with Crippen molar-refractivity contribution < 1.29 is 39.8 Å². The van der Waals surface area contributed by atoms with Gasteiger partial charge in [-0.05, 0) is 17.7 Å². The molecular weight excluding hydrogens is 368 g/mol. The number of benzene rings is 2. The molecule has 0 radical (unpaired) electrons. The number of hydrogen-bond donors (Lipinski definition) is 5. The highest BCUT2D eigenvalue weighted by atomic mass is 16.7. The second kappa shape index (κ2) is 8.68. The van der Waals surface area contributed by atoms with Gasteiger partial charge in [-0.1, -0.05) is 30.3 Å². The lowest BCUT2D eigenvalue weighted by Crippen LogP contribution is -2.60. The number of carbonyl (C=O) groups excluding carboxylic acids is 1. The van der Waals surface area contributed by atoms with Crippen molar-refractivity contribution in [2.24, 2.45) is 0 Å². The SMILES string of the molecule is O=C(Cc1ccccc1)c1ccc(O[C@@H]2O[C@H](CO)[C@H](O)[C@H](O)[C@@H]2O)cc1O. The maximum atomic E-state index is 12.4. The molecule has 1 aliphatic heterocycles. The molecule has 0 spiro atoms. The minimum absolute atomic E-state index is 0.0816. The molecule has 1 saturated heterocycles. The summed E-state index contributed by atoms with van der Waals surface area (Å²) in [4.78, 5) is 12.4. The van der Waals surface area contributed by atoms with Crippen molar-refractivity contribution in [1.82, 2.24) is 0 Å². The molecule has 1 heterocycles. The topological polar surface area (TPSA) is 137 Å². The van der Waals surface area contributed by atoms with Gasteiger partial charge in [-0.25, -0.2) is 0 Å². The highest BCUT2D eigenvalue weighted by Gasteiger charge is 2.44. The third kappa shape index (κ3) is 4.32. The number of rotatable bonds is 6. The maximum Gasteiger partial charge on any atom is 0.229 e. The van der Waals surface area contributed by atoms with Crippen LogP contribution in [0, 0.1) is 0 Å². The number of phenolic OH excluding ortho intramolecular Hbond substituents is 1. The van der Waals surface area contributed by atoms with Crippen LogP contribution in [0.5, 0.6) is 11.5 Å². The zero-order chi connectivity index (χ0) is 20.3. The first kappa shape index (κ1) is 20.2. The van der Waals surface area contributed by atoms with Gasteiger partial charge in [-0.3, -0.25) is 4.79 Å². The highest BCUT2D eigenvalue weighted by molar-refractivity contribution is 6.00. The third-order valence-corrected chi connectivity index (χ3v) is 4.58. The molecule has 0 unspecified atom stereocenters. The van der Waals surface area contributed by atoms with Crippen LogP contribution >= 0.6 is 0 Å². The Balaban J connectivity index is 1.71. The molecule has 0 aliphatic carbocycles. The van der Waals surface area contributed by atoms with Crippen molar-refractivity contribution >= 4 is 5.78 Å². The van der Waals surface area contributed by atoms with Crippen LogP contribution in [-0.2, 0) is 11.2 Å². The van der Waals surface area contributed by atoms with Gasteiger partial charge in [0.25, 0.3) is 0 Å². The first-order chi connectivity index (χ1) is 13.4. The van der Waals surface area contributed by atoms with Crippen molar-refractivity contribution in [2.45, 2.75) is 37.1 Å². The molecular formula is C20H22O8. The molecule has 1 fully saturated rings. The minimum Gasteiger partial charge on any atom is -0.507 e. The van der Waals surface area contributed by atoms with Crippen LogP contribution in [0.15, 0.2) is 48.5 Å². The first-order valence-corrected chi connectivity index (χ1v) is 8.78. The lowest BCUT2D eigenvalue weighted by Gasteiger charge is -2.39. The largest absolute Gasteiger partial charge is 0.507 e. The number of aliphatic hydroxyl groups excluding tert-OH is 4. The number of aliphatic hydroxyl groups is 4. The van der Waals surface area contributed by atoms with Gasteiger partial charge in [0.1, 0.15) is 35.9 Å². The molecule has 0 amide bonds. The number of carbonyl (C=O) groups is 1. The second-order valence-electron chi connectivity index (χ2n) is 6.58. The van der Waals surface area contributed by atoms with Crippen molar-refractivity contribution in [3.05, 3.63) is 59.7 Å².